The van der Waals surface area contributed by atoms with E-state index in [9.17, 15) is 0 Å². The predicted molar refractivity (Wildman–Crippen MR) is 93.3 cm³/mol. The Morgan fingerprint density at radius 3 is 2.48 bits per heavy atom. The van der Waals surface area contributed by atoms with E-state index in [2.05, 4.69) is 40.7 Å². The van der Waals surface area contributed by atoms with Crippen LogP contribution in [0.3, 0.4) is 0 Å². The van der Waals surface area contributed by atoms with E-state index < -0.39 is 0 Å². The van der Waals surface area contributed by atoms with Crippen LogP contribution in [0.5, 0.6) is 0 Å². The fourth-order valence-corrected chi connectivity index (χ4v) is 3.49. The second-order valence-corrected chi connectivity index (χ2v) is 6.07. The van der Waals surface area contributed by atoms with Crippen molar-refractivity contribution < 1.29 is 4.42 Å². The van der Waals surface area contributed by atoms with E-state index in [1.165, 1.54) is 10.4 Å². The zero-order chi connectivity index (χ0) is 13.2. The van der Waals surface area contributed by atoms with Crippen LogP contribution in [0.1, 0.15) is 28.0 Å². The molecule has 0 radical (unpaired) electrons. The van der Waals surface area contributed by atoms with Gasteiger partial charge in [0.25, 0.3) is 0 Å². The summed E-state index contributed by atoms with van der Waals surface area (Å²) < 4.78 is 6.00. The summed E-state index contributed by atoms with van der Waals surface area (Å²) in [6.45, 7) is 8.41. The van der Waals surface area contributed by atoms with Gasteiger partial charge in [0.2, 0.25) is 0 Å². The van der Waals surface area contributed by atoms with Crippen LogP contribution in [0.2, 0.25) is 0 Å². The monoisotopic (exact) mass is 348 g/mol. The summed E-state index contributed by atoms with van der Waals surface area (Å²) in [6, 6.07) is 6.80. The quantitative estimate of drug-likeness (QED) is 0.914. The maximum absolute atomic E-state index is 6.00. The Morgan fingerprint density at radius 1 is 1.24 bits per heavy atom. The molecule has 0 amide bonds. The third kappa shape index (κ3) is 4.02. The lowest BCUT2D eigenvalue weighted by Crippen LogP contribution is -2.45. The first-order valence-corrected chi connectivity index (χ1v) is 7.69. The van der Waals surface area contributed by atoms with Crippen molar-refractivity contribution in [1.29, 1.82) is 0 Å². The zero-order valence-electron chi connectivity index (χ0n) is 12.3. The molecule has 3 nitrogen and oxygen atoms in total. The predicted octanol–water partition coefficient (Wildman–Crippen LogP) is 3.80. The van der Waals surface area contributed by atoms with Gasteiger partial charge in [-0.25, -0.2) is 0 Å². The molecule has 3 rings (SSSR count). The highest BCUT2D eigenvalue weighted by Gasteiger charge is 2.27. The summed E-state index contributed by atoms with van der Waals surface area (Å²) >= 11 is 1.81. The number of nitrogens with one attached hydrogen (secondary N) is 1. The highest BCUT2D eigenvalue weighted by Crippen LogP contribution is 2.34. The molecule has 118 valence electrons. The van der Waals surface area contributed by atoms with Crippen molar-refractivity contribution in [2.24, 2.45) is 0 Å². The molecular formula is C15H22Cl2N2OS. The summed E-state index contributed by atoms with van der Waals surface area (Å²) in [5.74, 6) is 2.12. The molecule has 1 aliphatic rings. The lowest BCUT2D eigenvalue weighted by atomic mass is 10.1. The standard InChI is InChI=1S/C15H20N2OS.2ClH/c1-11-10-13(18-12(11)2)15(14-4-3-9-19-14)17-7-5-16-6-8-17;;/h3-4,9-10,15-16H,5-8H2,1-2H3;2*1H/t15-;;/m1../s1. The van der Waals surface area contributed by atoms with Crippen LogP contribution in [0.15, 0.2) is 28.0 Å². The topological polar surface area (TPSA) is 28.4 Å². The van der Waals surface area contributed by atoms with E-state index in [-0.39, 0.29) is 30.9 Å². The van der Waals surface area contributed by atoms with E-state index >= 15 is 0 Å². The fraction of sp³-hybridized carbons (Fsp3) is 0.467. The van der Waals surface area contributed by atoms with Gasteiger partial charge >= 0.3 is 0 Å². The largest absolute Gasteiger partial charge is 0.464 e. The number of rotatable bonds is 3. The van der Waals surface area contributed by atoms with E-state index in [0.717, 1.165) is 37.7 Å². The van der Waals surface area contributed by atoms with Gasteiger partial charge in [-0.05, 0) is 36.9 Å². The minimum atomic E-state index is 0. The fourth-order valence-electron chi connectivity index (χ4n) is 2.62. The lowest BCUT2D eigenvalue weighted by Gasteiger charge is -2.33. The zero-order valence-corrected chi connectivity index (χ0v) is 14.7. The van der Waals surface area contributed by atoms with Crippen LogP contribution >= 0.6 is 36.2 Å². The molecule has 21 heavy (non-hydrogen) atoms. The number of thiophene rings is 1. The van der Waals surface area contributed by atoms with Crippen LogP contribution in [-0.4, -0.2) is 31.1 Å². The number of piperazine rings is 1. The van der Waals surface area contributed by atoms with E-state index in [1.807, 2.05) is 18.3 Å². The molecule has 0 bridgehead atoms. The Hall–Kier alpha value is -0.520. The molecule has 0 aliphatic carbocycles. The maximum atomic E-state index is 6.00. The van der Waals surface area contributed by atoms with Crippen LogP contribution < -0.4 is 5.32 Å². The molecular weight excluding hydrogens is 327 g/mol. The summed E-state index contributed by atoms with van der Waals surface area (Å²) in [4.78, 5) is 3.88. The van der Waals surface area contributed by atoms with Crippen molar-refractivity contribution in [3.8, 4) is 0 Å². The Morgan fingerprint density at radius 2 is 1.95 bits per heavy atom. The Labute approximate surface area is 142 Å². The van der Waals surface area contributed by atoms with Gasteiger partial charge in [0, 0.05) is 31.1 Å². The van der Waals surface area contributed by atoms with E-state index in [1.54, 1.807) is 0 Å². The second kappa shape index (κ2) is 8.20. The Kier molecular flexibility index (Phi) is 7.24. The van der Waals surface area contributed by atoms with Gasteiger partial charge in [0.15, 0.2) is 0 Å². The van der Waals surface area contributed by atoms with Crippen LogP contribution in [0.4, 0.5) is 0 Å². The molecule has 3 heterocycles. The van der Waals surface area contributed by atoms with Crippen molar-refractivity contribution in [3.63, 3.8) is 0 Å². The van der Waals surface area contributed by atoms with Gasteiger partial charge in [0.1, 0.15) is 17.6 Å². The second-order valence-electron chi connectivity index (χ2n) is 5.09. The smallest absolute Gasteiger partial charge is 0.126 e. The van der Waals surface area contributed by atoms with Crippen LogP contribution in [0.25, 0.3) is 0 Å². The molecule has 6 heteroatoms. The van der Waals surface area contributed by atoms with Crippen molar-refractivity contribution in [3.05, 3.63) is 45.5 Å². The molecule has 1 saturated heterocycles. The average Bonchev–Trinajstić information content (AvgIpc) is 3.03. The van der Waals surface area contributed by atoms with Crippen molar-refractivity contribution in [2.75, 3.05) is 26.2 Å². The Balaban J connectivity index is 0.00000110. The summed E-state index contributed by atoms with van der Waals surface area (Å²) in [5, 5.41) is 5.56. The maximum Gasteiger partial charge on any atom is 0.126 e. The first-order valence-electron chi connectivity index (χ1n) is 6.81. The van der Waals surface area contributed by atoms with Gasteiger partial charge in [-0.2, -0.15) is 0 Å². The number of aryl methyl sites for hydroxylation is 2. The minimum absolute atomic E-state index is 0. The van der Waals surface area contributed by atoms with Crippen LogP contribution in [-0.2, 0) is 0 Å². The normalized spacial score (nSPS) is 16.9. The Bertz CT molecular complexity index is 516. The molecule has 1 atom stereocenters. The molecule has 0 spiro atoms. The summed E-state index contributed by atoms with van der Waals surface area (Å²) in [5.41, 5.74) is 1.24. The molecule has 1 aliphatic heterocycles. The van der Waals surface area contributed by atoms with Gasteiger partial charge in [-0.15, -0.1) is 36.2 Å². The molecule has 0 aromatic carbocycles. The molecule has 0 saturated carbocycles. The number of halogens is 2. The molecule has 0 unspecified atom stereocenters. The van der Waals surface area contributed by atoms with E-state index in [0.29, 0.717) is 0 Å². The lowest BCUT2D eigenvalue weighted by molar-refractivity contribution is 0.181. The highest BCUT2D eigenvalue weighted by atomic mass is 35.5. The third-order valence-electron chi connectivity index (χ3n) is 3.78. The van der Waals surface area contributed by atoms with Crippen molar-refractivity contribution in [2.45, 2.75) is 19.9 Å². The van der Waals surface area contributed by atoms with Gasteiger partial charge in [0.05, 0.1) is 0 Å². The first-order chi connectivity index (χ1) is 9.25. The average molecular weight is 349 g/mol. The van der Waals surface area contributed by atoms with Gasteiger partial charge < -0.3 is 9.73 Å². The van der Waals surface area contributed by atoms with Crippen molar-refractivity contribution >= 4 is 36.2 Å². The van der Waals surface area contributed by atoms with Crippen molar-refractivity contribution in [1.82, 2.24) is 10.2 Å². The SMILES string of the molecule is Cc1cc([C@H](c2cccs2)N2CCNCC2)oc1C.Cl.Cl. The first kappa shape index (κ1) is 18.5. The molecule has 2 aromatic heterocycles. The number of furan rings is 1. The minimum Gasteiger partial charge on any atom is -0.464 e. The third-order valence-corrected chi connectivity index (χ3v) is 4.71. The number of nitrogens with zero attached hydrogens (tertiary/aromatic N) is 1. The van der Waals surface area contributed by atoms with Gasteiger partial charge in [-0.1, -0.05) is 6.07 Å². The summed E-state index contributed by atoms with van der Waals surface area (Å²) in [7, 11) is 0. The highest BCUT2D eigenvalue weighted by molar-refractivity contribution is 7.10. The van der Waals surface area contributed by atoms with Crippen LogP contribution in [0, 0.1) is 13.8 Å². The number of hydrogen-bond donors (Lipinski definition) is 1. The summed E-state index contributed by atoms with van der Waals surface area (Å²) in [6.07, 6.45) is 0. The molecule has 1 fully saturated rings. The number of hydrogen-bond acceptors (Lipinski definition) is 4. The molecule has 1 N–H and O–H groups in total. The van der Waals surface area contributed by atoms with Gasteiger partial charge in [-0.3, -0.25) is 4.90 Å². The van der Waals surface area contributed by atoms with E-state index in [4.69, 9.17) is 4.42 Å². The molecule has 2 aromatic rings.